The molecule has 0 atom stereocenters. The Labute approximate surface area is 141 Å². The lowest BCUT2D eigenvalue weighted by molar-refractivity contribution is -0.131. The molecule has 24 heavy (non-hydrogen) atoms. The van der Waals surface area contributed by atoms with Crippen molar-refractivity contribution in [2.24, 2.45) is 0 Å². The third-order valence-corrected chi connectivity index (χ3v) is 3.48. The summed E-state index contributed by atoms with van der Waals surface area (Å²) in [5, 5.41) is 18.2. The second-order valence-electron chi connectivity index (χ2n) is 5.08. The SMILES string of the molecule is O=C1C=C(O)C(Cn2cc(COc3cccc(Cl)c3)nn2)=CC1=O. The molecule has 1 heterocycles. The van der Waals surface area contributed by atoms with Crippen molar-refractivity contribution in [3.63, 3.8) is 0 Å². The van der Waals surface area contributed by atoms with E-state index in [0.29, 0.717) is 22.0 Å². The number of carbonyl (C=O) groups excluding carboxylic acids is 2. The fourth-order valence-corrected chi connectivity index (χ4v) is 2.27. The quantitative estimate of drug-likeness (QED) is 0.658. The van der Waals surface area contributed by atoms with Crippen LogP contribution in [0.1, 0.15) is 5.69 Å². The zero-order chi connectivity index (χ0) is 17.1. The van der Waals surface area contributed by atoms with E-state index in [-0.39, 0.29) is 18.9 Å². The van der Waals surface area contributed by atoms with E-state index >= 15 is 0 Å². The van der Waals surface area contributed by atoms with Crippen LogP contribution in [-0.2, 0) is 22.7 Å². The van der Waals surface area contributed by atoms with Crippen LogP contribution in [0.5, 0.6) is 5.75 Å². The molecule has 0 aliphatic heterocycles. The van der Waals surface area contributed by atoms with Crippen molar-refractivity contribution >= 4 is 23.2 Å². The maximum absolute atomic E-state index is 11.4. The fourth-order valence-electron chi connectivity index (χ4n) is 2.09. The maximum Gasteiger partial charge on any atom is 0.229 e. The van der Waals surface area contributed by atoms with E-state index < -0.39 is 11.6 Å². The van der Waals surface area contributed by atoms with Gasteiger partial charge in [-0.2, -0.15) is 0 Å². The number of aromatic nitrogens is 3. The molecule has 7 nitrogen and oxygen atoms in total. The van der Waals surface area contributed by atoms with Gasteiger partial charge in [-0.1, -0.05) is 22.9 Å². The van der Waals surface area contributed by atoms with Gasteiger partial charge in [-0.15, -0.1) is 5.10 Å². The average molecular weight is 346 g/mol. The third-order valence-electron chi connectivity index (χ3n) is 3.25. The Kier molecular flexibility index (Phi) is 4.43. The van der Waals surface area contributed by atoms with Gasteiger partial charge in [0.05, 0.1) is 12.7 Å². The Morgan fingerprint density at radius 2 is 2.00 bits per heavy atom. The first-order valence-corrected chi connectivity index (χ1v) is 7.36. The molecule has 0 saturated carbocycles. The van der Waals surface area contributed by atoms with Crippen LogP contribution in [0.4, 0.5) is 0 Å². The lowest BCUT2D eigenvalue weighted by Gasteiger charge is -2.09. The Morgan fingerprint density at radius 3 is 2.79 bits per heavy atom. The second kappa shape index (κ2) is 6.67. The van der Waals surface area contributed by atoms with Crippen LogP contribution in [0.2, 0.25) is 5.02 Å². The molecule has 1 N–H and O–H groups in total. The molecule has 0 radical (unpaired) electrons. The van der Waals surface area contributed by atoms with Crippen LogP contribution in [0.3, 0.4) is 0 Å². The Morgan fingerprint density at radius 1 is 1.21 bits per heavy atom. The number of ether oxygens (including phenoxy) is 1. The third kappa shape index (κ3) is 3.69. The Hall–Kier alpha value is -2.93. The van der Waals surface area contributed by atoms with E-state index in [2.05, 4.69) is 10.3 Å². The molecule has 122 valence electrons. The van der Waals surface area contributed by atoms with Gasteiger partial charge in [0.2, 0.25) is 11.6 Å². The molecule has 0 saturated heterocycles. The summed E-state index contributed by atoms with van der Waals surface area (Å²) in [6.07, 6.45) is 3.62. The summed E-state index contributed by atoms with van der Waals surface area (Å²) in [5.41, 5.74) is 0.865. The van der Waals surface area contributed by atoms with Crippen molar-refractivity contribution in [1.82, 2.24) is 15.0 Å². The number of hydrogen-bond acceptors (Lipinski definition) is 6. The summed E-state index contributed by atoms with van der Waals surface area (Å²) < 4.78 is 6.99. The first-order chi connectivity index (χ1) is 11.5. The van der Waals surface area contributed by atoms with E-state index in [1.54, 1.807) is 30.5 Å². The Bertz CT molecular complexity index is 870. The molecule has 1 aromatic carbocycles. The molecule has 0 fully saturated rings. The molecule has 0 unspecified atom stereocenters. The van der Waals surface area contributed by atoms with Crippen molar-refractivity contribution in [3.05, 3.63) is 64.7 Å². The highest BCUT2D eigenvalue weighted by Crippen LogP contribution is 2.18. The fraction of sp³-hybridized carbons (Fsp3) is 0.125. The highest BCUT2D eigenvalue weighted by Gasteiger charge is 2.20. The first kappa shape index (κ1) is 15.9. The van der Waals surface area contributed by atoms with Crippen molar-refractivity contribution in [2.75, 3.05) is 0 Å². The predicted molar refractivity (Wildman–Crippen MR) is 84.6 cm³/mol. The van der Waals surface area contributed by atoms with Crippen LogP contribution < -0.4 is 4.74 Å². The number of aliphatic hydroxyl groups excluding tert-OH is 1. The molecule has 0 spiro atoms. The number of carbonyl (C=O) groups is 2. The summed E-state index contributed by atoms with van der Waals surface area (Å²) in [5.74, 6) is -1.05. The van der Waals surface area contributed by atoms with E-state index in [0.717, 1.165) is 12.2 Å². The average Bonchev–Trinajstić information content (AvgIpc) is 2.98. The molecule has 3 rings (SSSR count). The molecule has 8 heteroatoms. The van der Waals surface area contributed by atoms with Gasteiger partial charge in [-0.3, -0.25) is 9.59 Å². The number of hydrogen-bond donors (Lipinski definition) is 1. The van der Waals surface area contributed by atoms with Crippen molar-refractivity contribution < 1.29 is 19.4 Å². The van der Waals surface area contributed by atoms with Crippen molar-refractivity contribution in [3.8, 4) is 5.75 Å². The van der Waals surface area contributed by atoms with Gasteiger partial charge in [0, 0.05) is 16.7 Å². The molecule has 0 bridgehead atoms. The van der Waals surface area contributed by atoms with Crippen LogP contribution in [0, 0.1) is 0 Å². The molecular formula is C16H12ClN3O4. The van der Waals surface area contributed by atoms with Gasteiger partial charge >= 0.3 is 0 Å². The van der Waals surface area contributed by atoms with E-state index in [9.17, 15) is 14.7 Å². The highest BCUT2D eigenvalue weighted by molar-refractivity contribution is 6.46. The number of benzene rings is 1. The minimum absolute atomic E-state index is 0.117. The standard InChI is InChI=1S/C16H12ClN3O4/c17-11-2-1-3-13(5-11)24-9-12-8-20(19-18-12)7-10-4-15(22)16(23)6-14(10)21/h1-6,8,21H,7,9H2. The summed E-state index contributed by atoms with van der Waals surface area (Å²) in [6.45, 7) is 0.310. The van der Waals surface area contributed by atoms with Gasteiger partial charge in [0.15, 0.2) is 0 Å². The summed E-state index contributed by atoms with van der Waals surface area (Å²) >= 11 is 5.88. The monoisotopic (exact) mass is 345 g/mol. The topological polar surface area (TPSA) is 94.3 Å². The number of aliphatic hydroxyl groups is 1. The van der Waals surface area contributed by atoms with Crippen molar-refractivity contribution in [2.45, 2.75) is 13.2 Å². The van der Waals surface area contributed by atoms with Gasteiger partial charge in [-0.05, 0) is 24.3 Å². The maximum atomic E-state index is 11.4. The zero-order valence-electron chi connectivity index (χ0n) is 12.3. The molecule has 1 aliphatic carbocycles. The van der Waals surface area contributed by atoms with Crippen LogP contribution >= 0.6 is 11.6 Å². The van der Waals surface area contributed by atoms with E-state index in [1.807, 2.05) is 0 Å². The first-order valence-electron chi connectivity index (χ1n) is 6.98. The van der Waals surface area contributed by atoms with Gasteiger partial charge in [0.25, 0.3) is 0 Å². The van der Waals surface area contributed by atoms with Crippen LogP contribution in [0.25, 0.3) is 0 Å². The smallest absolute Gasteiger partial charge is 0.229 e. The second-order valence-corrected chi connectivity index (χ2v) is 5.52. The lowest BCUT2D eigenvalue weighted by atomic mass is 10.0. The number of ketones is 2. The molecule has 1 aromatic heterocycles. The van der Waals surface area contributed by atoms with Gasteiger partial charge in [0.1, 0.15) is 23.8 Å². The predicted octanol–water partition coefficient (Wildman–Crippen LogP) is 2.03. The Balaban J connectivity index is 1.64. The molecule has 1 aliphatic rings. The summed E-state index contributed by atoms with van der Waals surface area (Å²) in [7, 11) is 0. The summed E-state index contributed by atoms with van der Waals surface area (Å²) in [4.78, 5) is 22.5. The summed E-state index contributed by atoms with van der Waals surface area (Å²) in [6, 6.07) is 6.98. The van der Waals surface area contributed by atoms with E-state index in [1.165, 1.54) is 4.68 Å². The molecular weight excluding hydrogens is 334 g/mol. The number of nitrogens with zero attached hydrogens (tertiary/aromatic N) is 3. The lowest BCUT2D eigenvalue weighted by Crippen LogP contribution is -2.17. The van der Waals surface area contributed by atoms with E-state index in [4.69, 9.17) is 16.3 Å². The number of halogens is 1. The zero-order valence-corrected chi connectivity index (χ0v) is 13.1. The van der Waals surface area contributed by atoms with Gasteiger partial charge in [-0.25, -0.2) is 4.68 Å². The minimum atomic E-state index is -0.745. The van der Waals surface area contributed by atoms with Crippen LogP contribution in [-0.4, -0.2) is 31.7 Å². The molecule has 0 amide bonds. The largest absolute Gasteiger partial charge is 0.507 e. The minimum Gasteiger partial charge on any atom is -0.507 e. The van der Waals surface area contributed by atoms with Crippen molar-refractivity contribution in [1.29, 1.82) is 0 Å². The highest BCUT2D eigenvalue weighted by atomic mass is 35.5. The number of rotatable bonds is 5. The van der Waals surface area contributed by atoms with Gasteiger partial charge < -0.3 is 9.84 Å². The van der Waals surface area contributed by atoms with Crippen LogP contribution in [0.15, 0.2) is 53.9 Å². The molecule has 2 aromatic rings. The number of allylic oxidation sites excluding steroid dienone is 3. The normalized spacial score (nSPS) is 14.4.